The first kappa shape index (κ1) is 14.3. The van der Waals surface area contributed by atoms with Crippen LogP contribution in [0.5, 0.6) is 0 Å². The second kappa shape index (κ2) is 7.45. The van der Waals surface area contributed by atoms with Crippen LogP contribution < -0.4 is 5.32 Å². The fourth-order valence-electron chi connectivity index (χ4n) is 1.77. The average Bonchev–Trinajstić information content (AvgIpc) is 2.94. The molecule has 0 bridgehead atoms. The van der Waals surface area contributed by atoms with Crippen molar-refractivity contribution in [3.63, 3.8) is 0 Å². The van der Waals surface area contributed by atoms with Crippen molar-refractivity contribution in [1.82, 2.24) is 10.5 Å². The van der Waals surface area contributed by atoms with Crippen LogP contribution in [0.3, 0.4) is 0 Å². The second-order valence-corrected chi connectivity index (χ2v) is 4.28. The summed E-state index contributed by atoms with van der Waals surface area (Å²) in [6.45, 7) is 3.34. The Labute approximate surface area is 117 Å². The van der Waals surface area contributed by atoms with Crippen LogP contribution in [-0.2, 0) is 16.1 Å². The third-order valence-corrected chi connectivity index (χ3v) is 2.73. The predicted molar refractivity (Wildman–Crippen MR) is 74.9 cm³/mol. The maximum absolute atomic E-state index is 11.1. The van der Waals surface area contributed by atoms with Gasteiger partial charge in [-0.15, -0.1) is 0 Å². The van der Waals surface area contributed by atoms with Gasteiger partial charge in [-0.3, -0.25) is 4.79 Å². The molecule has 1 heterocycles. The minimum absolute atomic E-state index is 0.190. The molecule has 0 aliphatic rings. The lowest BCUT2D eigenvalue weighted by atomic mass is 10.2. The number of ether oxygens (including phenoxy) is 1. The lowest BCUT2D eigenvalue weighted by Crippen LogP contribution is -2.19. The Morgan fingerprint density at radius 3 is 2.90 bits per heavy atom. The molecule has 5 nitrogen and oxygen atoms in total. The van der Waals surface area contributed by atoms with Crippen molar-refractivity contribution < 1.29 is 14.1 Å². The van der Waals surface area contributed by atoms with E-state index in [4.69, 9.17) is 9.26 Å². The Kier molecular flexibility index (Phi) is 5.32. The molecule has 20 heavy (non-hydrogen) atoms. The van der Waals surface area contributed by atoms with Gasteiger partial charge in [0.1, 0.15) is 0 Å². The highest BCUT2D eigenvalue weighted by molar-refractivity contribution is 5.69. The van der Waals surface area contributed by atoms with Crippen molar-refractivity contribution in [2.24, 2.45) is 0 Å². The monoisotopic (exact) mass is 274 g/mol. The van der Waals surface area contributed by atoms with Crippen LogP contribution in [-0.4, -0.2) is 24.3 Å². The number of nitrogens with zero attached hydrogens (tertiary/aromatic N) is 1. The van der Waals surface area contributed by atoms with Gasteiger partial charge in [-0.25, -0.2) is 0 Å². The van der Waals surface area contributed by atoms with E-state index in [2.05, 4.69) is 10.5 Å². The van der Waals surface area contributed by atoms with Gasteiger partial charge in [0.15, 0.2) is 5.76 Å². The first-order chi connectivity index (χ1) is 9.79. The summed E-state index contributed by atoms with van der Waals surface area (Å²) in [4.78, 5) is 11.1. The maximum Gasteiger partial charge on any atom is 0.307 e. The quantitative estimate of drug-likeness (QED) is 0.620. The third-order valence-electron chi connectivity index (χ3n) is 2.73. The zero-order chi connectivity index (χ0) is 14.2. The fraction of sp³-hybridized carbons (Fsp3) is 0.333. The number of hydrogen-bond acceptors (Lipinski definition) is 5. The summed E-state index contributed by atoms with van der Waals surface area (Å²) < 4.78 is 10.1. The van der Waals surface area contributed by atoms with E-state index in [0.717, 1.165) is 17.0 Å². The van der Waals surface area contributed by atoms with Gasteiger partial charge in [0.2, 0.25) is 0 Å². The Balaban J connectivity index is 1.78. The van der Waals surface area contributed by atoms with Crippen molar-refractivity contribution in [2.45, 2.75) is 19.9 Å². The molecule has 0 radical (unpaired) electrons. The molecular weight excluding hydrogens is 256 g/mol. The molecule has 0 fully saturated rings. The van der Waals surface area contributed by atoms with E-state index in [1.807, 2.05) is 36.4 Å². The molecule has 0 atom stereocenters. The van der Waals surface area contributed by atoms with Gasteiger partial charge in [0.25, 0.3) is 0 Å². The van der Waals surface area contributed by atoms with E-state index < -0.39 is 0 Å². The van der Waals surface area contributed by atoms with Gasteiger partial charge in [-0.1, -0.05) is 35.5 Å². The van der Waals surface area contributed by atoms with E-state index in [1.165, 1.54) is 0 Å². The number of nitrogens with one attached hydrogen (secondary N) is 1. The molecule has 0 unspecified atom stereocenters. The van der Waals surface area contributed by atoms with Crippen LogP contribution in [0.25, 0.3) is 11.3 Å². The van der Waals surface area contributed by atoms with Crippen molar-refractivity contribution in [2.75, 3.05) is 13.2 Å². The smallest absolute Gasteiger partial charge is 0.307 e. The van der Waals surface area contributed by atoms with Crippen LogP contribution in [0.4, 0.5) is 0 Å². The molecule has 106 valence electrons. The Morgan fingerprint density at radius 2 is 2.15 bits per heavy atom. The van der Waals surface area contributed by atoms with Crippen LogP contribution in [0.2, 0.25) is 0 Å². The van der Waals surface area contributed by atoms with E-state index >= 15 is 0 Å². The van der Waals surface area contributed by atoms with Gasteiger partial charge in [-0.2, -0.15) is 0 Å². The molecule has 0 saturated heterocycles. The maximum atomic E-state index is 11.1. The van der Waals surface area contributed by atoms with E-state index in [9.17, 15) is 4.79 Å². The number of aromatic nitrogens is 1. The van der Waals surface area contributed by atoms with Gasteiger partial charge in [0, 0.05) is 24.7 Å². The molecule has 2 aromatic rings. The van der Waals surface area contributed by atoms with E-state index in [1.54, 1.807) is 6.92 Å². The summed E-state index contributed by atoms with van der Waals surface area (Å²) in [5.74, 6) is 0.554. The predicted octanol–water partition coefficient (Wildman–Crippen LogP) is 2.38. The number of hydrogen-bond donors (Lipinski definition) is 1. The third kappa shape index (κ3) is 4.20. The number of carbonyl (C=O) groups is 1. The molecule has 1 aromatic heterocycles. The van der Waals surface area contributed by atoms with Gasteiger partial charge in [0.05, 0.1) is 18.7 Å². The minimum Gasteiger partial charge on any atom is -0.466 e. The zero-order valence-electron chi connectivity index (χ0n) is 11.5. The van der Waals surface area contributed by atoms with Crippen molar-refractivity contribution in [3.8, 4) is 11.3 Å². The highest BCUT2D eigenvalue weighted by Gasteiger charge is 2.06. The summed E-state index contributed by atoms with van der Waals surface area (Å²) in [5, 5.41) is 7.12. The van der Waals surface area contributed by atoms with Gasteiger partial charge < -0.3 is 14.6 Å². The number of esters is 1. The largest absolute Gasteiger partial charge is 0.466 e. The number of rotatable bonds is 7. The van der Waals surface area contributed by atoms with Crippen LogP contribution in [0.1, 0.15) is 19.0 Å². The summed E-state index contributed by atoms with van der Waals surface area (Å²) in [6.07, 6.45) is 0.358. The highest BCUT2D eigenvalue weighted by atomic mass is 16.5. The second-order valence-electron chi connectivity index (χ2n) is 4.28. The van der Waals surface area contributed by atoms with Crippen molar-refractivity contribution in [1.29, 1.82) is 0 Å². The fourth-order valence-corrected chi connectivity index (χ4v) is 1.77. The van der Waals surface area contributed by atoms with Crippen LogP contribution >= 0.6 is 0 Å². The molecule has 2 rings (SSSR count). The molecule has 0 aliphatic heterocycles. The summed E-state index contributed by atoms with van der Waals surface area (Å²) in [7, 11) is 0. The minimum atomic E-state index is -0.190. The normalized spacial score (nSPS) is 10.4. The van der Waals surface area contributed by atoms with Gasteiger partial charge in [-0.05, 0) is 6.92 Å². The Bertz CT molecular complexity index is 537. The topological polar surface area (TPSA) is 64.4 Å². The van der Waals surface area contributed by atoms with E-state index in [0.29, 0.717) is 26.1 Å². The molecule has 0 amide bonds. The van der Waals surface area contributed by atoms with Crippen molar-refractivity contribution in [3.05, 3.63) is 42.1 Å². The van der Waals surface area contributed by atoms with E-state index in [-0.39, 0.29) is 5.97 Å². The molecule has 0 saturated carbocycles. The van der Waals surface area contributed by atoms with Crippen molar-refractivity contribution >= 4 is 5.97 Å². The molecule has 0 aliphatic carbocycles. The molecule has 1 N–H and O–H groups in total. The first-order valence-corrected chi connectivity index (χ1v) is 6.67. The molecule has 1 aromatic carbocycles. The lowest BCUT2D eigenvalue weighted by Gasteiger charge is -2.02. The standard InChI is InChI=1S/C15H18N2O3/c1-2-19-15(18)8-9-16-11-13-10-14(20-17-13)12-6-4-3-5-7-12/h3-7,10,16H,2,8-9,11H2,1H3. The number of carbonyl (C=O) groups excluding carboxylic acids is 1. The first-order valence-electron chi connectivity index (χ1n) is 6.67. The molecule has 5 heteroatoms. The lowest BCUT2D eigenvalue weighted by molar-refractivity contribution is -0.142. The molecular formula is C15H18N2O3. The summed E-state index contributed by atoms with van der Waals surface area (Å²) >= 11 is 0. The zero-order valence-corrected chi connectivity index (χ0v) is 11.5. The number of benzene rings is 1. The summed E-state index contributed by atoms with van der Waals surface area (Å²) in [6, 6.07) is 11.7. The summed E-state index contributed by atoms with van der Waals surface area (Å²) in [5.41, 5.74) is 1.81. The Hall–Kier alpha value is -2.14. The Morgan fingerprint density at radius 1 is 1.35 bits per heavy atom. The van der Waals surface area contributed by atoms with Gasteiger partial charge >= 0.3 is 5.97 Å². The van der Waals surface area contributed by atoms with Crippen LogP contribution in [0.15, 0.2) is 40.9 Å². The molecule has 0 spiro atoms. The average molecular weight is 274 g/mol. The SMILES string of the molecule is CCOC(=O)CCNCc1cc(-c2ccccc2)on1. The highest BCUT2D eigenvalue weighted by Crippen LogP contribution is 2.19. The van der Waals surface area contributed by atoms with Crippen LogP contribution in [0, 0.1) is 0 Å².